The second kappa shape index (κ2) is 8.85. The van der Waals surface area contributed by atoms with Crippen LogP contribution in [-0.2, 0) is 0 Å². The SMILES string of the molecule is COc1ccc2nc(NC(=O)c3ccccc3NC(=O)c3ccccc3OC)sc2c1. The Morgan fingerprint density at radius 3 is 2.32 bits per heavy atom. The van der Waals surface area contributed by atoms with Crippen LogP contribution < -0.4 is 20.1 Å². The number of hydrogen-bond donors (Lipinski definition) is 2. The Labute approximate surface area is 182 Å². The number of ether oxygens (including phenoxy) is 2. The highest BCUT2D eigenvalue weighted by Crippen LogP contribution is 2.30. The largest absolute Gasteiger partial charge is 0.497 e. The van der Waals surface area contributed by atoms with Crippen molar-refractivity contribution in [3.8, 4) is 11.5 Å². The van der Waals surface area contributed by atoms with Crippen molar-refractivity contribution < 1.29 is 19.1 Å². The van der Waals surface area contributed by atoms with E-state index in [1.807, 2.05) is 18.2 Å². The van der Waals surface area contributed by atoms with Gasteiger partial charge in [0.2, 0.25) is 0 Å². The smallest absolute Gasteiger partial charge is 0.259 e. The van der Waals surface area contributed by atoms with Gasteiger partial charge in [0.1, 0.15) is 11.5 Å². The summed E-state index contributed by atoms with van der Waals surface area (Å²) < 4.78 is 11.4. The molecule has 1 aromatic heterocycles. The van der Waals surface area contributed by atoms with Gasteiger partial charge in [-0.25, -0.2) is 4.98 Å². The van der Waals surface area contributed by atoms with Gasteiger partial charge in [-0.15, -0.1) is 0 Å². The summed E-state index contributed by atoms with van der Waals surface area (Å²) >= 11 is 1.34. The van der Waals surface area contributed by atoms with E-state index in [1.54, 1.807) is 55.6 Å². The topological polar surface area (TPSA) is 89.5 Å². The zero-order valence-corrected chi connectivity index (χ0v) is 17.7. The minimum absolute atomic E-state index is 0.322. The fraction of sp³-hybridized carbons (Fsp3) is 0.0870. The molecule has 156 valence electrons. The molecule has 0 bridgehead atoms. The van der Waals surface area contributed by atoms with Gasteiger partial charge < -0.3 is 14.8 Å². The van der Waals surface area contributed by atoms with Crippen molar-refractivity contribution >= 4 is 44.2 Å². The van der Waals surface area contributed by atoms with Crippen LogP contribution in [0.4, 0.5) is 10.8 Å². The molecule has 4 rings (SSSR count). The van der Waals surface area contributed by atoms with Crippen molar-refractivity contribution in [2.75, 3.05) is 24.9 Å². The minimum atomic E-state index is -0.373. The Hall–Kier alpha value is -3.91. The molecule has 0 spiro atoms. The number of anilines is 2. The minimum Gasteiger partial charge on any atom is -0.497 e. The molecule has 0 atom stereocenters. The number of benzene rings is 3. The maximum absolute atomic E-state index is 12.9. The lowest BCUT2D eigenvalue weighted by molar-refractivity contribution is 0.102. The zero-order valence-electron chi connectivity index (χ0n) is 16.8. The van der Waals surface area contributed by atoms with Crippen LogP contribution in [0.2, 0.25) is 0 Å². The average Bonchev–Trinajstić information content (AvgIpc) is 3.20. The molecule has 1 heterocycles. The molecule has 2 N–H and O–H groups in total. The third-order valence-electron chi connectivity index (χ3n) is 4.59. The normalized spacial score (nSPS) is 10.5. The van der Waals surface area contributed by atoms with Gasteiger partial charge in [0.15, 0.2) is 5.13 Å². The molecule has 2 amide bonds. The number of carbonyl (C=O) groups is 2. The number of para-hydroxylation sites is 2. The highest BCUT2D eigenvalue weighted by molar-refractivity contribution is 7.22. The number of methoxy groups -OCH3 is 2. The first-order valence-corrected chi connectivity index (χ1v) is 10.2. The Kier molecular flexibility index (Phi) is 5.81. The first kappa shape index (κ1) is 20.4. The Bertz CT molecular complexity index is 1270. The number of nitrogens with zero attached hydrogens (tertiary/aromatic N) is 1. The molecule has 0 fully saturated rings. The van der Waals surface area contributed by atoms with Crippen LogP contribution in [0.1, 0.15) is 20.7 Å². The molecule has 31 heavy (non-hydrogen) atoms. The molecule has 3 aromatic carbocycles. The molecule has 0 saturated heterocycles. The van der Waals surface area contributed by atoms with Gasteiger partial charge in [-0.3, -0.25) is 14.9 Å². The van der Waals surface area contributed by atoms with Crippen LogP contribution >= 0.6 is 11.3 Å². The molecule has 0 aliphatic heterocycles. The van der Waals surface area contributed by atoms with Gasteiger partial charge in [0.05, 0.1) is 41.3 Å². The van der Waals surface area contributed by atoms with Crippen molar-refractivity contribution in [1.29, 1.82) is 0 Å². The first-order chi connectivity index (χ1) is 15.1. The summed E-state index contributed by atoms with van der Waals surface area (Å²) in [6, 6.07) is 19.2. The van der Waals surface area contributed by atoms with E-state index in [-0.39, 0.29) is 11.8 Å². The molecule has 0 aliphatic carbocycles. The van der Waals surface area contributed by atoms with Gasteiger partial charge in [0.25, 0.3) is 11.8 Å². The second-order valence-electron chi connectivity index (χ2n) is 6.51. The third kappa shape index (κ3) is 4.34. The maximum atomic E-state index is 12.9. The van der Waals surface area contributed by atoms with E-state index in [2.05, 4.69) is 15.6 Å². The number of carbonyl (C=O) groups excluding carboxylic acids is 2. The van der Waals surface area contributed by atoms with Crippen LogP contribution in [0.3, 0.4) is 0 Å². The highest BCUT2D eigenvalue weighted by atomic mass is 32.1. The summed E-state index contributed by atoms with van der Waals surface area (Å²) in [6.07, 6.45) is 0. The van der Waals surface area contributed by atoms with E-state index in [0.29, 0.717) is 27.7 Å². The van der Waals surface area contributed by atoms with Crippen LogP contribution in [0.5, 0.6) is 11.5 Å². The molecule has 0 radical (unpaired) electrons. The standard InChI is InChI=1S/C23H19N3O4S/c1-29-14-11-12-18-20(13-14)31-23(25-18)26-21(27)15-7-3-5-9-17(15)24-22(28)16-8-4-6-10-19(16)30-2/h3-13H,1-2H3,(H,24,28)(H,25,26,27). The van der Waals surface area contributed by atoms with Crippen LogP contribution in [-0.4, -0.2) is 31.0 Å². The number of amides is 2. The molecule has 7 nitrogen and oxygen atoms in total. The molecule has 0 aliphatic rings. The lowest BCUT2D eigenvalue weighted by Gasteiger charge is -2.12. The predicted octanol–water partition coefficient (Wildman–Crippen LogP) is 4.82. The third-order valence-corrected chi connectivity index (χ3v) is 5.52. The van der Waals surface area contributed by atoms with E-state index in [4.69, 9.17) is 9.47 Å². The summed E-state index contributed by atoms with van der Waals surface area (Å²) in [5, 5.41) is 6.07. The molecule has 4 aromatic rings. The lowest BCUT2D eigenvalue weighted by Crippen LogP contribution is -2.18. The monoisotopic (exact) mass is 433 g/mol. The van der Waals surface area contributed by atoms with Gasteiger partial charge in [-0.05, 0) is 42.5 Å². The average molecular weight is 433 g/mol. The van der Waals surface area contributed by atoms with Crippen LogP contribution in [0.15, 0.2) is 66.7 Å². The Balaban J connectivity index is 1.56. The van der Waals surface area contributed by atoms with E-state index in [9.17, 15) is 9.59 Å². The molecular weight excluding hydrogens is 414 g/mol. The van der Waals surface area contributed by atoms with Crippen molar-refractivity contribution in [3.63, 3.8) is 0 Å². The second-order valence-corrected chi connectivity index (χ2v) is 7.54. The molecule has 0 saturated carbocycles. The maximum Gasteiger partial charge on any atom is 0.259 e. The predicted molar refractivity (Wildman–Crippen MR) is 122 cm³/mol. The number of hydrogen-bond acceptors (Lipinski definition) is 6. The quantitative estimate of drug-likeness (QED) is 0.455. The first-order valence-electron chi connectivity index (χ1n) is 9.38. The van der Waals surface area contributed by atoms with Gasteiger partial charge >= 0.3 is 0 Å². The highest BCUT2D eigenvalue weighted by Gasteiger charge is 2.17. The fourth-order valence-corrected chi connectivity index (χ4v) is 3.95. The van der Waals surface area contributed by atoms with E-state index in [1.165, 1.54) is 18.4 Å². The van der Waals surface area contributed by atoms with E-state index >= 15 is 0 Å². The van der Waals surface area contributed by atoms with Crippen molar-refractivity contribution in [2.45, 2.75) is 0 Å². The fourth-order valence-electron chi connectivity index (χ4n) is 3.06. The van der Waals surface area contributed by atoms with Crippen LogP contribution in [0, 0.1) is 0 Å². The van der Waals surface area contributed by atoms with Crippen molar-refractivity contribution in [1.82, 2.24) is 4.98 Å². The van der Waals surface area contributed by atoms with Crippen molar-refractivity contribution in [3.05, 3.63) is 77.9 Å². The number of fused-ring (bicyclic) bond motifs is 1. The number of thiazole rings is 1. The van der Waals surface area contributed by atoms with E-state index < -0.39 is 0 Å². The van der Waals surface area contributed by atoms with Gasteiger partial charge in [-0.2, -0.15) is 0 Å². The van der Waals surface area contributed by atoms with E-state index in [0.717, 1.165) is 16.0 Å². The summed E-state index contributed by atoms with van der Waals surface area (Å²) in [6.45, 7) is 0. The Morgan fingerprint density at radius 2 is 1.55 bits per heavy atom. The number of nitrogens with one attached hydrogen (secondary N) is 2. The summed E-state index contributed by atoms with van der Waals surface area (Å²) in [7, 11) is 3.10. The summed E-state index contributed by atoms with van der Waals surface area (Å²) in [4.78, 5) is 30.1. The zero-order chi connectivity index (χ0) is 21.8. The lowest BCUT2D eigenvalue weighted by atomic mass is 10.1. The van der Waals surface area contributed by atoms with Gasteiger partial charge in [-0.1, -0.05) is 35.6 Å². The summed E-state index contributed by atoms with van der Waals surface area (Å²) in [5.74, 6) is 0.428. The molecule has 0 unspecified atom stereocenters. The van der Waals surface area contributed by atoms with Crippen molar-refractivity contribution in [2.24, 2.45) is 0 Å². The molecule has 8 heteroatoms. The molecular formula is C23H19N3O4S. The Morgan fingerprint density at radius 1 is 0.839 bits per heavy atom. The number of aromatic nitrogens is 1. The summed E-state index contributed by atoms with van der Waals surface area (Å²) in [5.41, 5.74) is 1.85. The van der Waals surface area contributed by atoms with Crippen LogP contribution in [0.25, 0.3) is 10.2 Å². The van der Waals surface area contributed by atoms with Gasteiger partial charge in [0, 0.05) is 0 Å². The number of rotatable bonds is 6.